The van der Waals surface area contributed by atoms with E-state index in [1.54, 1.807) is 23.7 Å². The van der Waals surface area contributed by atoms with Gasteiger partial charge in [-0.2, -0.15) is 0 Å². The van der Waals surface area contributed by atoms with Crippen molar-refractivity contribution < 1.29 is 0 Å². The lowest BCUT2D eigenvalue weighted by atomic mass is 10.1. The minimum absolute atomic E-state index is 0.0123. The average molecular weight is 402 g/mol. The molecule has 3 heterocycles. The van der Waals surface area contributed by atoms with Crippen LogP contribution in [0.4, 0.5) is 5.82 Å². The Morgan fingerprint density at radius 1 is 1.10 bits per heavy atom. The van der Waals surface area contributed by atoms with Gasteiger partial charge < -0.3 is 11.1 Å². The van der Waals surface area contributed by atoms with Crippen molar-refractivity contribution in [3.05, 3.63) is 77.4 Å². The fourth-order valence-corrected chi connectivity index (χ4v) is 4.14. The van der Waals surface area contributed by atoms with Gasteiger partial charge in [0.05, 0.1) is 10.2 Å². The van der Waals surface area contributed by atoms with Gasteiger partial charge >= 0.3 is 0 Å². The summed E-state index contributed by atoms with van der Waals surface area (Å²) in [5.41, 5.74) is 10.6. The molecule has 0 spiro atoms. The molecule has 0 saturated carbocycles. The second-order valence-corrected chi connectivity index (χ2v) is 7.71. The smallest absolute Gasteiger partial charge is 0.162 e. The zero-order valence-electron chi connectivity index (χ0n) is 16.2. The first-order chi connectivity index (χ1) is 14.2. The molecule has 146 valence electrons. The fourth-order valence-electron chi connectivity index (χ4n) is 3.20. The topological polar surface area (TPSA) is 76.7 Å². The molecule has 5 nitrogen and oxygen atoms in total. The average Bonchev–Trinajstić information content (AvgIpc) is 3.16. The molecule has 1 aromatic carbocycles. The van der Waals surface area contributed by atoms with Crippen molar-refractivity contribution in [2.24, 2.45) is 5.73 Å². The number of anilines is 1. The Bertz CT molecular complexity index is 1110. The Labute approximate surface area is 174 Å². The van der Waals surface area contributed by atoms with E-state index < -0.39 is 0 Å². The molecule has 0 saturated heterocycles. The summed E-state index contributed by atoms with van der Waals surface area (Å²) in [6.45, 7) is 2.64. The monoisotopic (exact) mass is 401 g/mol. The molecule has 0 radical (unpaired) electrons. The van der Waals surface area contributed by atoms with Crippen molar-refractivity contribution >= 4 is 33.4 Å². The molecular weight excluding hydrogens is 378 g/mol. The highest BCUT2D eigenvalue weighted by molar-refractivity contribution is 7.18. The minimum atomic E-state index is -0.0123. The maximum absolute atomic E-state index is 6.38. The van der Waals surface area contributed by atoms with Crippen LogP contribution in [-0.2, 0) is 6.42 Å². The van der Waals surface area contributed by atoms with Crippen molar-refractivity contribution in [2.75, 3.05) is 11.9 Å². The van der Waals surface area contributed by atoms with E-state index in [1.807, 2.05) is 43.3 Å². The standard InChI is InChI=1S/C23H23N5S/c1-2-6-18-15-29-21-20(18)27-22(17-9-11-25-12-10-17)28-23(21)26-14-19(24)13-16-7-4-3-5-8-16/h2-12,15,19H,13-14,24H2,1H3,(H,26,27,28)/t19-/m0/s1. The van der Waals surface area contributed by atoms with Crippen LogP contribution in [-0.4, -0.2) is 27.5 Å². The van der Waals surface area contributed by atoms with Gasteiger partial charge in [0.2, 0.25) is 0 Å². The number of hydrogen-bond acceptors (Lipinski definition) is 6. The van der Waals surface area contributed by atoms with Crippen molar-refractivity contribution in [2.45, 2.75) is 19.4 Å². The molecule has 1 atom stereocenters. The third-order valence-corrected chi connectivity index (χ3v) is 5.59. The molecule has 0 bridgehead atoms. The Morgan fingerprint density at radius 3 is 2.66 bits per heavy atom. The molecule has 0 aliphatic heterocycles. The Hall–Kier alpha value is -3.09. The van der Waals surface area contributed by atoms with E-state index in [4.69, 9.17) is 15.7 Å². The summed E-state index contributed by atoms with van der Waals surface area (Å²) >= 11 is 1.65. The Balaban J connectivity index is 1.63. The van der Waals surface area contributed by atoms with E-state index in [9.17, 15) is 0 Å². The van der Waals surface area contributed by atoms with Gasteiger partial charge in [-0.3, -0.25) is 4.98 Å². The zero-order valence-corrected chi connectivity index (χ0v) is 17.1. The van der Waals surface area contributed by atoms with Crippen molar-refractivity contribution in [1.82, 2.24) is 15.0 Å². The summed E-state index contributed by atoms with van der Waals surface area (Å²) in [5.74, 6) is 1.51. The summed E-state index contributed by atoms with van der Waals surface area (Å²) < 4.78 is 1.04. The molecule has 0 fully saturated rings. The summed E-state index contributed by atoms with van der Waals surface area (Å²) in [4.78, 5) is 13.7. The summed E-state index contributed by atoms with van der Waals surface area (Å²) in [6.07, 6.45) is 8.43. The first-order valence-corrected chi connectivity index (χ1v) is 10.5. The van der Waals surface area contributed by atoms with E-state index in [2.05, 4.69) is 33.9 Å². The van der Waals surface area contributed by atoms with Gasteiger partial charge in [-0.1, -0.05) is 42.5 Å². The van der Waals surface area contributed by atoms with Crippen LogP contribution >= 0.6 is 11.3 Å². The normalized spacial score (nSPS) is 12.5. The second-order valence-electron chi connectivity index (χ2n) is 6.83. The predicted octanol–water partition coefficient (Wildman–Crippen LogP) is 4.77. The lowest BCUT2D eigenvalue weighted by Gasteiger charge is -2.14. The molecule has 6 heteroatoms. The van der Waals surface area contributed by atoms with Crippen LogP contribution in [0.25, 0.3) is 27.7 Å². The third kappa shape index (κ3) is 4.50. The number of hydrogen-bond donors (Lipinski definition) is 2. The van der Waals surface area contributed by atoms with Crippen LogP contribution < -0.4 is 11.1 Å². The first kappa shape index (κ1) is 19.2. The lowest BCUT2D eigenvalue weighted by Crippen LogP contribution is -2.31. The highest BCUT2D eigenvalue weighted by Crippen LogP contribution is 2.32. The highest BCUT2D eigenvalue weighted by atomic mass is 32.1. The number of thiophene rings is 1. The number of nitrogens with two attached hydrogens (primary N) is 1. The highest BCUT2D eigenvalue weighted by Gasteiger charge is 2.14. The van der Waals surface area contributed by atoms with Gasteiger partial charge in [0.15, 0.2) is 5.82 Å². The number of aromatic nitrogens is 3. The Morgan fingerprint density at radius 2 is 1.90 bits per heavy atom. The second kappa shape index (κ2) is 8.94. The lowest BCUT2D eigenvalue weighted by molar-refractivity contribution is 0.698. The largest absolute Gasteiger partial charge is 0.367 e. The third-order valence-electron chi connectivity index (χ3n) is 4.60. The molecule has 0 amide bonds. The molecule has 3 N–H and O–H groups in total. The van der Waals surface area contributed by atoms with Crippen LogP contribution in [0.5, 0.6) is 0 Å². The van der Waals surface area contributed by atoms with E-state index in [1.165, 1.54) is 5.56 Å². The maximum Gasteiger partial charge on any atom is 0.162 e. The fraction of sp³-hybridized carbons (Fsp3) is 0.174. The van der Waals surface area contributed by atoms with Crippen LogP contribution in [0.15, 0.2) is 66.3 Å². The van der Waals surface area contributed by atoms with Crippen LogP contribution in [0.1, 0.15) is 18.1 Å². The van der Waals surface area contributed by atoms with Crippen LogP contribution in [0.2, 0.25) is 0 Å². The Kier molecular flexibility index (Phi) is 5.93. The van der Waals surface area contributed by atoms with Crippen molar-refractivity contribution in [1.29, 1.82) is 0 Å². The van der Waals surface area contributed by atoms with E-state index in [0.29, 0.717) is 12.4 Å². The predicted molar refractivity (Wildman–Crippen MR) is 122 cm³/mol. The number of nitrogens with one attached hydrogen (secondary N) is 1. The van der Waals surface area contributed by atoms with Gasteiger partial charge in [-0.25, -0.2) is 9.97 Å². The molecule has 0 aliphatic carbocycles. The van der Waals surface area contributed by atoms with Crippen molar-refractivity contribution in [3.63, 3.8) is 0 Å². The van der Waals surface area contributed by atoms with Gasteiger partial charge in [-0.15, -0.1) is 11.3 Å². The zero-order chi connectivity index (χ0) is 20.1. The van der Waals surface area contributed by atoms with Gasteiger partial charge in [0, 0.05) is 41.5 Å². The van der Waals surface area contributed by atoms with Crippen LogP contribution in [0, 0.1) is 0 Å². The summed E-state index contributed by atoms with van der Waals surface area (Å²) in [5, 5.41) is 5.58. The number of benzene rings is 1. The number of rotatable bonds is 7. The maximum atomic E-state index is 6.38. The van der Waals surface area contributed by atoms with E-state index >= 15 is 0 Å². The quantitative estimate of drug-likeness (QED) is 0.466. The number of pyridine rings is 1. The SMILES string of the molecule is CC=Cc1csc2c(NC[C@@H](N)Cc3ccccc3)nc(-c3ccncc3)nc12. The molecule has 3 aromatic heterocycles. The van der Waals surface area contributed by atoms with Gasteiger partial charge in [0.1, 0.15) is 5.82 Å². The minimum Gasteiger partial charge on any atom is -0.367 e. The summed E-state index contributed by atoms with van der Waals surface area (Å²) in [6, 6.07) is 14.1. The molecule has 0 aliphatic rings. The molecule has 0 unspecified atom stereocenters. The first-order valence-electron chi connectivity index (χ1n) is 9.60. The van der Waals surface area contributed by atoms with Crippen molar-refractivity contribution in [3.8, 4) is 11.4 Å². The molecule has 4 aromatic rings. The van der Waals surface area contributed by atoms with Gasteiger partial charge in [-0.05, 0) is 31.0 Å². The molecule has 29 heavy (non-hydrogen) atoms. The van der Waals surface area contributed by atoms with Crippen LogP contribution in [0.3, 0.4) is 0 Å². The van der Waals surface area contributed by atoms with E-state index in [0.717, 1.165) is 33.6 Å². The van der Waals surface area contributed by atoms with Gasteiger partial charge in [0.25, 0.3) is 0 Å². The summed E-state index contributed by atoms with van der Waals surface area (Å²) in [7, 11) is 0. The number of allylic oxidation sites excluding steroid dienone is 1. The number of nitrogens with zero attached hydrogens (tertiary/aromatic N) is 3. The number of fused-ring (bicyclic) bond motifs is 1. The molecular formula is C23H23N5S. The molecule has 4 rings (SSSR count). The van der Waals surface area contributed by atoms with E-state index in [-0.39, 0.29) is 6.04 Å².